The van der Waals surface area contributed by atoms with Crippen LogP contribution in [0.4, 0.5) is 10.5 Å². The van der Waals surface area contributed by atoms with E-state index in [1.54, 1.807) is 20.8 Å². The fourth-order valence-corrected chi connectivity index (χ4v) is 1.82. The minimum Gasteiger partial charge on any atom is -0.444 e. The Kier molecular flexibility index (Phi) is 4.65. The fourth-order valence-electron chi connectivity index (χ4n) is 0.984. The van der Waals surface area contributed by atoms with Gasteiger partial charge in [-0.05, 0) is 48.8 Å². The molecule has 0 aliphatic heterocycles. The fraction of sp³-hybridized carbons (Fsp3) is 0.400. The summed E-state index contributed by atoms with van der Waals surface area (Å²) in [7, 11) is 5.69. The van der Waals surface area contributed by atoms with Crippen LogP contribution in [0.25, 0.3) is 0 Å². The van der Waals surface area contributed by atoms with Crippen LogP contribution in [-0.2, 0) is 4.74 Å². The van der Waals surface area contributed by atoms with Crippen molar-refractivity contribution in [1.82, 2.24) is 4.98 Å². The van der Waals surface area contributed by atoms with Crippen LogP contribution in [0.1, 0.15) is 20.8 Å². The normalized spacial score (nSPS) is 11.1. The second-order valence-electron chi connectivity index (χ2n) is 4.32. The molecule has 0 aliphatic carbocycles. The lowest BCUT2D eigenvalue weighted by atomic mass is 9.98. The van der Waals surface area contributed by atoms with E-state index in [1.165, 1.54) is 6.20 Å². The number of carbonyl (C=O) groups excluding carboxylic acids is 1. The number of amides is 1. The van der Waals surface area contributed by atoms with E-state index in [0.29, 0.717) is 14.7 Å². The Balaban J connectivity index is 2.83. The Bertz CT molecular complexity index is 449. The van der Waals surface area contributed by atoms with E-state index in [9.17, 15) is 4.79 Å². The zero-order chi connectivity index (χ0) is 13.2. The first kappa shape index (κ1) is 14.6. The summed E-state index contributed by atoms with van der Waals surface area (Å²) in [6.07, 6.45) is 0.878. The maximum Gasteiger partial charge on any atom is 0.412 e. The highest BCUT2D eigenvalue weighted by Crippen LogP contribution is 2.18. The van der Waals surface area contributed by atoms with Crippen molar-refractivity contribution < 1.29 is 9.53 Å². The van der Waals surface area contributed by atoms with Crippen LogP contribution in [0.15, 0.2) is 6.20 Å². The molecule has 4 nitrogen and oxygen atoms in total. The van der Waals surface area contributed by atoms with E-state index in [4.69, 9.17) is 24.2 Å². The van der Waals surface area contributed by atoms with Gasteiger partial charge in [-0.3, -0.25) is 5.32 Å². The molecule has 0 saturated carbocycles. The van der Waals surface area contributed by atoms with Gasteiger partial charge < -0.3 is 4.74 Å². The van der Waals surface area contributed by atoms with Gasteiger partial charge in [0.05, 0.1) is 11.9 Å². The predicted octanol–water partition coefficient (Wildman–Crippen LogP) is 2.48. The summed E-state index contributed by atoms with van der Waals surface area (Å²) in [4.78, 5) is 15.4. The van der Waals surface area contributed by atoms with Crippen molar-refractivity contribution in [1.29, 1.82) is 0 Å². The van der Waals surface area contributed by atoms with Gasteiger partial charge in [0.1, 0.15) is 18.6 Å². The van der Waals surface area contributed by atoms with Crippen molar-refractivity contribution >= 4 is 59.3 Å². The third kappa shape index (κ3) is 4.35. The number of pyridine rings is 1. The first-order chi connectivity index (χ1) is 7.70. The van der Waals surface area contributed by atoms with Gasteiger partial charge >= 0.3 is 6.09 Å². The van der Waals surface area contributed by atoms with Crippen molar-refractivity contribution in [3.8, 4) is 0 Å². The highest BCUT2D eigenvalue weighted by Gasteiger charge is 2.17. The van der Waals surface area contributed by atoms with E-state index in [0.717, 1.165) is 0 Å². The molecule has 0 aliphatic rings. The number of hydrogen-bond acceptors (Lipinski definition) is 3. The monoisotopic (exact) mass is 364 g/mol. The van der Waals surface area contributed by atoms with Crippen LogP contribution in [0, 0.1) is 3.57 Å². The molecule has 0 atom stereocenters. The molecule has 0 bridgehead atoms. The predicted molar refractivity (Wildman–Crippen MR) is 77.2 cm³/mol. The van der Waals surface area contributed by atoms with Gasteiger partial charge in [-0.25, -0.2) is 9.78 Å². The molecule has 0 aromatic carbocycles. The zero-order valence-electron chi connectivity index (χ0n) is 9.67. The summed E-state index contributed by atoms with van der Waals surface area (Å²) in [5.41, 5.74) is 0.253. The average molecular weight is 364 g/mol. The number of rotatable bonds is 1. The molecule has 1 aromatic heterocycles. The van der Waals surface area contributed by atoms with Crippen LogP contribution >= 0.6 is 34.2 Å². The Morgan fingerprint density at radius 2 is 2.18 bits per heavy atom. The van der Waals surface area contributed by atoms with Gasteiger partial charge in [-0.15, -0.1) is 0 Å². The summed E-state index contributed by atoms with van der Waals surface area (Å²) in [5, 5.41) is 2.78. The second-order valence-corrected chi connectivity index (χ2v) is 5.75. The SMILES string of the molecule is [B]c1c(Cl)ncc(NC(=O)OC(C)(C)C)c1I. The number of carbonyl (C=O) groups is 1. The van der Waals surface area contributed by atoms with Crippen molar-refractivity contribution in [2.24, 2.45) is 0 Å². The molecular weight excluding hydrogens is 353 g/mol. The lowest BCUT2D eigenvalue weighted by Gasteiger charge is -2.20. The van der Waals surface area contributed by atoms with Gasteiger partial charge in [0.15, 0.2) is 0 Å². The Hall–Kier alpha value is -0.495. The quantitative estimate of drug-likeness (QED) is 0.473. The molecule has 1 N–H and O–H groups in total. The molecule has 7 heteroatoms. The van der Waals surface area contributed by atoms with Crippen molar-refractivity contribution in [3.63, 3.8) is 0 Å². The van der Waals surface area contributed by atoms with Crippen molar-refractivity contribution in [3.05, 3.63) is 14.9 Å². The zero-order valence-corrected chi connectivity index (χ0v) is 12.6. The van der Waals surface area contributed by atoms with Gasteiger partial charge in [0.2, 0.25) is 0 Å². The first-order valence-electron chi connectivity index (χ1n) is 4.80. The van der Waals surface area contributed by atoms with E-state index in [-0.39, 0.29) is 5.15 Å². The highest BCUT2D eigenvalue weighted by molar-refractivity contribution is 14.1. The first-order valence-corrected chi connectivity index (χ1v) is 6.26. The number of hydrogen-bond donors (Lipinski definition) is 1. The van der Waals surface area contributed by atoms with Gasteiger partial charge in [-0.1, -0.05) is 11.6 Å². The maximum atomic E-state index is 11.5. The molecule has 0 unspecified atom stereocenters. The van der Waals surface area contributed by atoms with Gasteiger partial charge in [0, 0.05) is 3.57 Å². The molecule has 1 rings (SSSR count). The number of nitrogens with one attached hydrogen (secondary N) is 1. The molecule has 0 saturated heterocycles. The molecule has 1 heterocycles. The number of halogens is 2. The summed E-state index contributed by atoms with van der Waals surface area (Å²) >= 11 is 7.73. The Morgan fingerprint density at radius 3 is 2.71 bits per heavy atom. The molecule has 17 heavy (non-hydrogen) atoms. The molecule has 2 radical (unpaired) electrons. The third-order valence-corrected chi connectivity index (χ3v) is 3.10. The van der Waals surface area contributed by atoms with Crippen molar-refractivity contribution in [2.45, 2.75) is 26.4 Å². The second kappa shape index (κ2) is 5.43. The number of nitrogens with zero attached hydrogens (tertiary/aromatic N) is 1. The van der Waals surface area contributed by atoms with Gasteiger partial charge in [0.25, 0.3) is 0 Å². The Labute approximate surface area is 120 Å². The maximum absolute atomic E-state index is 11.5. The molecule has 0 fully saturated rings. The average Bonchev–Trinajstić information content (AvgIpc) is 2.16. The Morgan fingerprint density at radius 1 is 1.59 bits per heavy atom. The molecular formula is C10H11BClIN2O2. The highest BCUT2D eigenvalue weighted by atomic mass is 127. The molecule has 1 aromatic rings. The van der Waals surface area contributed by atoms with E-state index < -0.39 is 11.7 Å². The summed E-state index contributed by atoms with van der Waals surface area (Å²) in [6, 6.07) is 0. The van der Waals surface area contributed by atoms with E-state index >= 15 is 0 Å². The standard InChI is InChI=1S/C10H11BClIN2O2/c1-10(2,3)17-9(16)15-5-4-14-8(12)6(11)7(5)13/h4H,1-3H3,(H,15,16). The molecule has 1 amide bonds. The lowest BCUT2D eigenvalue weighted by molar-refractivity contribution is 0.0636. The minimum atomic E-state index is -0.557. The van der Waals surface area contributed by atoms with E-state index in [1.807, 2.05) is 22.6 Å². The summed E-state index contributed by atoms with van der Waals surface area (Å²) in [6.45, 7) is 5.35. The smallest absolute Gasteiger partial charge is 0.412 e. The third-order valence-electron chi connectivity index (χ3n) is 1.64. The lowest BCUT2D eigenvalue weighted by Crippen LogP contribution is -2.28. The van der Waals surface area contributed by atoms with Gasteiger partial charge in [-0.2, -0.15) is 0 Å². The summed E-state index contributed by atoms with van der Waals surface area (Å²) in [5.74, 6) is 0. The van der Waals surface area contributed by atoms with Crippen LogP contribution in [0.5, 0.6) is 0 Å². The van der Waals surface area contributed by atoms with Crippen LogP contribution in [-0.4, -0.2) is 24.5 Å². The number of aromatic nitrogens is 1. The van der Waals surface area contributed by atoms with Crippen molar-refractivity contribution in [2.75, 3.05) is 5.32 Å². The largest absolute Gasteiger partial charge is 0.444 e. The number of ether oxygens (including phenoxy) is 1. The minimum absolute atomic E-state index is 0.212. The topological polar surface area (TPSA) is 51.2 Å². The van der Waals surface area contributed by atoms with Crippen LogP contribution in [0.3, 0.4) is 0 Å². The molecule has 0 spiro atoms. The number of anilines is 1. The molecule has 90 valence electrons. The van der Waals surface area contributed by atoms with Crippen LogP contribution < -0.4 is 10.8 Å². The van der Waals surface area contributed by atoms with Crippen LogP contribution in [0.2, 0.25) is 5.15 Å². The van der Waals surface area contributed by atoms with E-state index in [2.05, 4.69) is 10.3 Å². The summed E-state index contributed by atoms with van der Waals surface area (Å²) < 4.78 is 5.74.